The van der Waals surface area contributed by atoms with Crippen LogP contribution in [-0.4, -0.2) is 25.0 Å². The first-order valence-corrected chi connectivity index (χ1v) is 9.70. The maximum atomic E-state index is 12.8. The number of hydrogen-bond donors (Lipinski definition) is 1. The number of amides is 2. The summed E-state index contributed by atoms with van der Waals surface area (Å²) in [6.45, 7) is 3.96. The van der Waals surface area contributed by atoms with E-state index in [1.165, 1.54) is 11.1 Å². The van der Waals surface area contributed by atoms with E-state index in [9.17, 15) is 9.59 Å². The summed E-state index contributed by atoms with van der Waals surface area (Å²) in [7, 11) is 1.55. The highest BCUT2D eigenvalue weighted by atomic mass is 79.9. The Labute approximate surface area is 172 Å². The lowest BCUT2D eigenvalue weighted by molar-refractivity contribution is -0.117. The van der Waals surface area contributed by atoms with Gasteiger partial charge in [-0.1, -0.05) is 41.1 Å². The van der Waals surface area contributed by atoms with Gasteiger partial charge in [0.2, 0.25) is 0 Å². The standard InChI is InChI=1S/C21H21BrN2O4/c1-4-13(2)28-19-14(10-15(22)12-18(19)27-3)11-17-20(25)23-24(21(17)26)16-8-6-5-7-9-16/h5-13H,4H2,1-3H3,(H,23,25)/b17-11-/t13-/m1/s1. The molecular formula is C21H21BrN2O4. The number of hydrazine groups is 1. The number of nitrogens with one attached hydrogen (secondary N) is 1. The van der Waals surface area contributed by atoms with Crippen molar-refractivity contribution in [1.29, 1.82) is 0 Å². The summed E-state index contributed by atoms with van der Waals surface area (Å²) < 4.78 is 12.2. The Morgan fingerprint density at radius 3 is 2.57 bits per heavy atom. The molecule has 2 aromatic carbocycles. The Bertz CT molecular complexity index is 928. The first-order valence-electron chi connectivity index (χ1n) is 8.91. The van der Waals surface area contributed by atoms with Crippen LogP contribution in [0.2, 0.25) is 0 Å². The van der Waals surface area contributed by atoms with Gasteiger partial charge in [-0.2, -0.15) is 0 Å². The summed E-state index contributed by atoms with van der Waals surface area (Å²) in [4.78, 5) is 25.3. The van der Waals surface area contributed by atoms with Crippen molar-refractivity contribution >= 4 is 39.5 Å². The molecule has 0 saturated carbocycles. The molecule has 1 fully saturated rings. The molecule has 0 bridgehead atoms. The van der Waals surface area contributed by atoms with Gasteiger partial charge in [-0.05, 0) is 43.7 Å². The fourth-order valence-electron chi connectivity index (χ4n) is 2.73. The lowest BCUT2D eigenvalue weighted by Gasteiger charge is -2.18. The van der Waals surface area contributed by atoms with Crippen LogP contribution in [0.4, 0.5) is 5.69 Å². The average Bonchev–Trinajstić information content (AvgIpc) is 2.98. The zero-order chi connectivity index (χ0) is 20.3. The van der Waals surface area contributed by atoms with Crippen molar-refractivity contribution in [3.8, 4) is 11.5 Å². The van der Waals surface area contributed by atoms with Crippen molar-refractivity contribution in [2.24, 2.45) is 0 Å². The lowest BCUT2D eigenvalue weighted by Crippen LogP contribution is -2.35. The highest BCUT2D eigenvalue weighted by Crippen LogP contribution is 2.37. The molecule has 0 spiro atoms. The predicted molar refractivity (Wildman–Crippen MR) is 111 cm³/mol. The summed E-state index contributed by atoms with van der Waals surface area (Å²) in [6.07, 6.45) is 2.28. The van der Waals surface area contributed by atoms with E-state index in [0.29, 0.717) is 22.7 Å². The van der Waals surface area contributed by atoms with Gasteiger partial charge in [0, 0.05) is 10.0 Å². The maximum Gasteiger partial charge on any atom is 0.282 e. The van der Waals surface area contributed by atoms with E-state index in [2.05, 4.69) is 21.4 Å². The summed E-state index contributed by atoms with van der Waals surface area (Å²) in [5, 5.41) is 1.23. The molecule has 146 valence electrons. The Morgan fingerprint density at radius 2 is 1.93 bits per heavy atom. The Balaban J connectivity index is 2.04. The lowest BCUT2D eigenvalue weighted by atomic mass is 10.1. The number of methoxy groups -OCH3 is 1. The minimum atomic E-state index is -0.470. The van der Waals surface area contributed by atoms with Crippen LogP contribution in [0.15, 0.2) is 52.5 Å². The van der Waals surface area contributed by atoms with Crippen molar-refractivity contribution in [3.63, 3.8) is 0 Å². The molecule has 0 aromatic heterocycles. The number of para-hydroxylation sites is 1. The molecular weight excluding hydrogens is 424 g/mol. The minimum absolute atomic E-state index is 0.0259. The monoisotopic (exact) mass is 444 g/mol. The van der Waals surface area contributed by atoms with Crippen LogP contribution in [-0.2, 0) is 9.59 Å². The SMILES string of the molecule is CC[C@@H](C)Oc1c(/C=C2/C(=O)NN(c3ccccc3)C2=O)cc(Br)cc1OC. The number of anilines is 1. The average molecular weight is 445 g/mol. The summed E-state index contributed by atoms with van der Waals surface area (Å²) in [5.41, 5.74) is 3.80. The molecule has 28 heavy (non-hydrogen) atoms. The van der Waals surface area contributed by atoms with Gasteiger partial charge >= 0.3 is 0 Å². The molecule has 2 amide bonds. The van der Waals surface area contributed by atoms with E-state index < -0.39 is 11.8 Å². The predicted octanol–water partition coefficient (Wildman–Crippen LogP) is 4.10. The van der Waals surface area contributed by atoms with Gasteiger partial charge in [0.25, 0.3) is 11.8 Å². The van der Waals surface area contributed by atoms with E-state index in [4.69, 9.17) is 9.47 Å². The molecule has 1 aliphatic heterocycles. The van der Waals surface area contributed by atoms with Gasteiger partial charge in [-0.15, -0.1) is 0 Å². The number of ether oxygens (including phenoxy) is 2. The second-order valence-corrected chi connectivity index (χ2v) is 7.25. The third kappa shape index (κ3) is 4.04. The van der Waals surface area contributed by atoms with Crippen LogP contribution in [0, 0.1) is 0 Å². The van der Waals surface area contributed by atoms with E-state index in [0.717, 1.165) is 10.9 Å². The second-order valence-electron chi connectivity index (χ2n) is 6.34. The number of carbonyl (C=O) groups excluding carboxylic acids is 2. The molecule has 0 aliphatic carbocycles. The largest absolute Gasteiger partial charge is 0.493 e. The third-order valence-corrected chi connectivity index (χ3v) is 4.83. The van der Waals surface area contributed by atoms with Gasteiger partial charge in [0.05, 0.1) is 18.9 Å². The van der Waals surface area contributed by atoms with Crippen molar-refractivity contribution in [2.75, 3.05) is 12.1 Å². The molecule has 3 rings (SSSR count). The number of carbonyl (C=O) groups is 2. The summed E-state index contributed by atoms with van der Waals surface area (Å²) in [5.74, 6) is 0.116. The topological polar surface area (TPSA) is 67.9 Å². The number of halogens is 1. The summed E-state index contributed by atoms with van der Waals surface area (Å²) >= 11 is 3.44. The number of hydrogen-bond acceptors (Lipinski definition) is 4. The highest BCUT2D eigenvalue weighted by Gasteiger charge is 2.34. The van der Waals surface area contributed by atoms with Crippen LogP contribution in [0.5, 0.6) is 11.5 Å². The van der Waals surface area contributed by atoms with Gasteiger partial charge < -0.3 is 9.47 Å². The molecule has 2 aromatic rings. The van der Waals surface area contributed by atoms with Crippen LogP contribution in [0.1, 0.15) is 25.8 Å². The summed E-state index contributed by atoms with van der Waals surface area (Å²) in [6, 6.07) is 12.5. The quantitative estimate of drug-likeness (QED) is 0.537. The number of benzene rings is 2. The zero-order valence-corrected chi connectivity index (χ0v) is 17.4. The molecule has 6 nitrogen and oxygen atoms in total. The molecule has 0 radical (unpaired) electrons. The van der Waals surface area contributed by atoms with Gasteiger partial charge in [0.1, 0.15) is 5.57 Å². The molecule has 1 aliphatic rings. The third-order valence-electron chi connectivity index (χ3n) is 4.37. The molecule has 0 unspecified atom stereocenters. The Morgan fingerprint density at radius 1 is 1.21 bits per heavy atom. The smallest absolute Gasteiger partial charge is 0.282 e. The van der Waals surface area contributed by atoms with E-state index in [1.807, 2.05) is 19.9 Å². The van der Waals surface area contributed by atoms with Crippen molar-refractivity contribution < 1.29 is 19.1 Å². The van der Waals surface area contributed by atoms with Crippen LogP contribution in [0.25, 0.3) is 6.08 Å². The van der Waals surface area contributed by atoms with Gasteiger partial charge in [-0.25, -0.2) is 5.01 Å². The normalized spacial score (nSPS) is 16.3. The zero-order valence-electron chi connectivity index (χ0n) is 15.9. The van der Waals surface area contributed by atoms with E-state index in [1.54, 1.807) is 43.5 Å². The van der Waals surface area contributed by atoms with Gasteiger partial charge in [-0.3, -0.25) is 15.0 Å². The van der Waals surface area contributed by atoms with Crippen molar-refractivity contribution in [3.05, 3.63) is 58.1 Å². The number of rotatable bonds is 6. The molecule has 1 heterocycles. The number of nitrogens with zero attached hydrogens (tertiary/aromatic N) is 1. The second kappa shape index (κ2) is 8.48. The molecule has 7 heteroatoms. The molecule has 1 N–H and O–H groups in total. The van der Waals surface area contributed by atoms with Crippen molar-refractivity contribution in [2.45, 2.75) is 26.4 Å². The Kier molecular flexibility index (Phi) is 6.04. The Hall–Kier alpha value is -2.80. The molecule has 1 atom stereocenters. The molecule has 1 saturated heterocycles. The first kappa shape index (κ1) is 19.9. The highest BCUT2D eigenvalue weighted by molar-refractivity contribution is 9.10. The van der Waals surface area contributed by atoms with Crippen LogP contribution < -0.4 is 19.9 Å². The van der Waals surface area contributed by atoms with E-state index >= 15 is 0 Å². The fraction of sp³-hybridized carbons (Fsp3) is 0.238. The van der Waals surface area contributed by atoms with Crippen LogP contribution >= 0.6 is 15.9 Å². The minimum Gasteiger partial charge on any atom is -0.493 e. The maximum absolute atomic E-state index is 12.8. The fourth-order valence-corrected chi connectivity index (χ4v) is 3.18. The van der Waals surface area contributed by atoms with Crippen molar-refractivity contribution in [1.82, 2.24) is 5.43 Å². The van der Waals surface area contributed by atoms with Gasteiger partial charge in [0.15, 0.2) is 11.5 Å². The van der Waals surface area contributed by atoms with Crippen LogP contribution in [0.3, 0.4) is 0 Å². The van der Waals surface area contributed by atoms with E-state index in [-0.39, 0.29) is 11.7 Å². The first-order chi connectivity index (χ1) is 13.4.